The third-order valence-corrected chi connectivity index (χ3v) is 6.82. The molecule has 1 aromatic rings. The summed E-state index contributed by atoms with van der Waals surface area (Å²) in [5.41, 5.74) is 3.61. The Kier molecular flexibility index (Phi) is 7.43. The second-order valence-corrected chi connectivity index (χ2v) is 8.67. The van der Waals surface area contributed by atoms with Crippen LogP contribution in [0.4, 0.5) is 5.69 Å². The fraction of sp³-hybridized carbons (Fsp3) is 0.727. The van der Waals surface area contributed by atoms with Crippen LogP contribution < -0.4 is 10.2 Å². The summed E-state index contributed by atoms with van der Waals surface area (Å²) in [6, 6.07) is 9.15. The average Bonchev–Trinajstić information content (AvgIpc) is 3.05. The van der Waals surface area contributed by atoms with Gasteiger partial charge in [-0.1, -0.05) is 25.1 Å². The number of rotatable bonds is 5. The first-order valence-corrected chi connectivity index (χ1v) is 10.8. The van der Waals surface area contributed by atoms with Crippen molar-refractivity contribution in [3.05, 3.63) is 29.8 Å². The summed E-state index contributed by atoms with van der Waals surface area (Å²) in [6.07, 6.45) is 5.39. The summed E-state index contributed by atoms with van der Waals surface area (Å²) in [5, 5.41) is 3.54. The van der Waals surface area contributed by atoms with Crippen molar-refractivity contribution in [1.29, 1.82) is 0 Å². The Morgan fingerprint density at radius 1 is 0.926 bits per heavy atom. The lowest BCUT2D eigenvalue weighted by Crippen LogP contribution is -2.47. The van der Waals surface area contributed by atoms with Gasteiger partial charge in [-0.2, -0.15) is 0 Å². The number of piperidine rings is 1. The van der Waals surface area contributed by atoms with E-state index in [2.05, 4.69) is 51.2 Å². The van der Waals surface area contributed by atoms with E-state index in [1.165, 1.54) is 95.8 Å². The minimum atomic E-state index is 0. The Balaban J connectivity index is 0.00000210. The van der Waals surface area contributed by atoms with E-state index in [1.807, 2.05) is 0 Å². The molecule has 4 nitrogen and oxygen atoms in total. The molecule has 1 N–H and O–H groups in total. The number of hydrogen-bond donors (Lipinski definition) is 1. The summed E-state index contributed by atoms with van der Waals surface area (Å²) in [6.45, 7) is 14.4. The Morgan fingerprint density at radius 2 is 1.67 bits per heavy atom. The zero-order valence-corrected chi connectivity index (χ0v) is 17.8. The lowest BCUT2D eigenvalue weighted by atomic mass is 9.78. The number of para-hydroxylation sites is 1. The normalized spacial score (nSPS) is 23.5. The maximum absolute atomic E-state index is 3.54. The fourth-order valence-corrected chi connectivity index (χ4v) is 5.25. The molecule has 0 unspecified atom stereocenters. The van der Waals surface area contributed by atoms with Crippen molar-refractivity contribution < 1.29 is 0 Å². The molecule has 5 heteroatoms. The van der Waals surface area contributed by atoms with E-state index in [4.69, 9.17) is 0 Å². The highest BCUT2D eigenvalue weighted by Gasteiger charge is 2.38. The van der Waals surface area contributed by atoms with E-state index in [-0.39, 0.29) is 12.4 Å². The van der Waals surface area contributed by atoms with Crippen LogP contribution in [-0.2, 0) is 6.54 Å². The van der Waals surface area contributed by atoms with Gasteiger partial charge in [0.15, 0.2) is 0 Å². The van der Waals surface area contributed by atoms with Crippen molar-refractivity contribution in [3.8, 4) is 0 Å². The largest absolute Gasteiger partial charge is 0.369 e. The van der Waals surface area contributed by atoms with Gasteiger partial charge in [0.25, 0.3) is 0 Å². The molecule has 152 valence electrons. The molecule has 3 aliphatic heterocycles. The summed E-state index contributed by atoms with van der Waals surface area (Å²) < 4.78 is 0. The maximum atomic E-state index is 3.54. The van der Waals surface area contributed by atoms with Gasteiger partial charge in [-0.3, -0.25) is 9.80 Å². The monoisotopic (exact) mass is 392 g/mol. The van der Waals surface area contributed by atoms with Gasteiger partial charge in [0, 0.05) is 45.0 Å². The first-order valence-electron chi connectivity index (χ1n) is 10.8. The fourth-order valence-electron chi connectivity index (χ4n) is 5.25. The third kappa shape index (κ3) is 4.97. The third-order valence-electron chi connectivity index (χ3n) is 6.82. The van der Waals surface area contributed by atoms with Crippen LogP contribution in [0.1, 0.15) is 38.2 Å². The summed E-state index contributed by atoms with van der Waals surface area (Å²) in [7, 11) is 0. The number of nitrogens with one attached hydrogen (secondary N) is 1. The average molecular weight is 393 g/mol. The van der Waals surface area contributed by atoms with Crippen LogP contribution >= 0.6 is 12.4 Å². The van der Waals surface area contributed by atoms with E-state index in [0.29, 0.717) is 5.41 Å². The number of anilines is 1. The number of halogens is 1. The van der Waals surface area contributed by atoms with Crippen LogP contribution in [0, 0.1) is 5.41 Å². The molecule has 0 atom stereocenters. The van der Waals surface area contributed by atoms with Crippen LogP contribution in [0.5, 0.6) is 0 Å². The summed E-state index contributed by atoms with van der Waals surface area (Å²) >= 11 is 0. The summed E-state index contributed by atoms with van der Waals surface area (Å²) in [4.78, 5) is 7.95. The molecule has 3 fully saturated rings. The molecule has 27 heavy (non-hydrogen) atoms. The molecule has 1 spiro atoms. The number of likely N-dealkylation sites (tertiary alicyclic amines) is 1. The Bertz CT molecular complexity index is 579. The molecule has 0 aliphatic carbocycles. The molecular formula is C22H37ClN4. The van der Waals surface area contributed by atoms with Crippen molar-refractivity contribution in [2.75, 3.05) is 63.8 Å². The van der Waals surface area contributed by atoms with Gasteiger partial charge in [-0.15, -0.1) is 12.4 Å². The maximum Gasteiger partial charge on any atom is 0.0412 e. The minimum Gasteiger partial charge on any atom is -0.369 e. The van der Waals surface area contributed by atoms with Crippen LogP contribution in [0.25, 0.3) is 0 Å². The molecule has 3 aliphatic rings. The van der Waals surface area contributed by atoms with Gasteiger partial charge in [0.1, 0.15) is 0 Å². The lowest BCUT2D eigenvalue weighted by molar-refractivity contribution is 0.194. The molecule has 4 rings (SSSR count). The van der Waals surface area contributed by atoms with E-state index in [1.54, 1.807) is 0 Å². The molecule has 0 aromatic heterocycles. The molecule has 0 radical (unpaired) electrons. The van der Waals surface area contributed by atoms with Gasteiger partial charge in [0.2, 0.25) is 0 Å². The van der Waals surface area contributed by atoms with Crippen LogP contribution in [-0.4, -0.2) is 68.7 Å². The Hall–Kier alpha value is -0.810. The van der Waals surface area contributed by atoms with Gasteiger partial charge >= 0.3 is 0 Å². The van der Waals surface area contributed by atoms with Gasteiger partial charge in [0.05, 0.1) is 0 Å². The van der Waals surface area contributed by atoms with Crippen LogP contribution in [0.3, 0.4) is 0 Å². The number of hydrogen-bond acceptors (Lipinski definition) is 4. The molecular weight excluding hydrogens is 356 g/mol. The predicted molar refractivity (Wildman–Crippen MR) is 117 cm³/mol. The van der Waals surface area contributed by atoms with Crippen molar-refractivity contribution >= 4 is 18.1 Å². The molecule has 0 amide bonds. The molecule has 3 heterocycles. The SMILES string of the molecule is CCCN1CCN(c2ccccc2CN2CCC3(CCNCC3)C2)CC1.Cl. The first kappa shape index (κ1) is 20.9. The summed E-state index contributed by atoms with van der Waals surface area (Å²) in [5.74, 6) is 0. The quantitative estimate of drug-likeness (QED) is 0.830. The standard InChI is InChI=1S/C22H36N4.ClH/c1-2-12-24-14-16-26(17-15-24)21-6-4-3-5-20(21)18-25-13-9-22(19-25)7-10-23-11-8-22;/h3-6,23H,2,7-19H2,1H3;1H. The topological polar surface area (TPSA) is 21.8 Å². The van der Waals surface area contributed by atoms with Crippen molar-refractivity contribution in [1.82, 2.24) is 15.1 Å². The number of nitrogens with zero attached hydrogens (tertiary/aromatic N) is 3. The molecule has 0 saturated carbocycles. The van der Waals surface area contributed by atoms with E-state index >= 15 is 0 Å². The van der Waals surface area contributed by atoms with E-state index in [0.717, 1.165) is 6.54 Å². The van der Waals surface area contributed by atoms with E-state index < -0.39 is 0 Å². The smallest absolute Gasteiger partial charge is 0.0412 e. The lowest BCUT2D eigenvalue weighted by Gasteiger charge is -2.37. The zero-order chi connectivity index (χ0) is 17.8. The van der Waals surface area contributed by atoms with Gasteiger partial charge in [-0.05, 0) is 68.9 Å². The van der Waals surface area contributed by atoms with E-state index in [9.17, 15) is 0 Å². The Labute approximate surface area is 171 Å². The molecule has 0 bridgehead atoms. The second-order valence-electron chi connectivity index (χ2n) is 8.67. The van der Waals surface area contributed by atoms with Gasteiger partial charge in [-0.25, -0.2) is 0 Å². The number of piperazine rings is 1. The molecule has 3 saturated heterocycles. The first-order chi connectivity index (χ1) is 12.8. The Morgan fingerprint density at radius 3 is 2.41 bits per heavy atom. The van der Waals surface area contributed by atoms with Crippen molar-refractivity contribution in [2.24, 2.45) is 5.41 Å². The van der Waals surface area contributed by atoms with Crippen molar-refractivity contribution in [3.63, 3.8) is 0 Å². The number of benzene rings is 1. The van der Waals surface area contributed by atoms with Crippen LogP contribution in [0.15, 0.2) is 24.3 Å². The molecule has 1 aromatic carbocycles. The van der Waals surface area contributed by atoms with Gasteiger partial charge < -0.3 is 10.2 Å². The zero-order valence-electron chi connectivity index (χ0n) is 17.0. The highest BCUT2D eigenvalue weighted by Crippen LogP contribution is 2.39. The van der Waals surface area contributed by atoms with Crippen molar-refractivity contribution in [2.45, 2.75) is 39.2 Å². The second kappa shape index (κ2) is 9.60. The van der Waals surface area contributed by atoms with Crippen LogP contribution in [0.2, 0.25) is 0 Å². The highest BCUT2D eigenvalue weighted by atomic mass is 35.5. The minimum absolute atomic E-state index is 0. The predicted octanol–water partition coefficient (Wildman–Crippen LogP) is 3.22. The highest BCUT2D eigenvalue weighted by molar-refractivity contribution is 5.85.